The first-order chi connectivity index (χ1) is 10.1. The molecule has 0 aliphatic heterocycles. The van der Waals surface area contributed by atoms with Gasteiger partial charge in [0.25, 0.3) is 0 Å². The van der Waals surface area contributed by atoms with Gasteiger partial charge in [0, 0.05) is 20.1 Å². The fourth-order valence-electron chi connectivity index (χ4n) is 2.45. The minimum Gasteiger partial charge on any atom is -0.381 e. The molecule has 2 rings (SSSR count). The van der Waals surface area contributed by atoms with Gasteiger partial charge in [-0.3, -0.25) is 0 Å². The Labute approximate surface area is 132 Å². The van der Waals surface area contributed by atoms with Gasteiger partial charge in [-0.1, -0.05) is 48.0 Å². The van der Waals surface area contributed by atoms with E-state index >= 15 is 0 Å². The molecule has 0 fully saturated rings. The van der Waals surface area contributed by atoms with Crippen LogP contribution in [0.5, 0.6) is 0 Å². The lowest BCUT2D eigenvalue weighted by atomic mass is 10.1. The monoisotopic (exact) mass is 302 g/mol. The first kappa shape index (κ1) is 15.7. The highest BCUT2D eigenvalue weighted by atomic mass is 35.5. The molecule has 0 aliphatic carbocycles. The van der Waals surface area contributed by atoms with Gasteiger partial charge in [-0.15, -0.1) is 0 Å². The average Bonchev–Trinajstić information content (AvgIpc) is 2.46. The number of hydrogen-bond acceptors (Lipinski definition) is 2. The van der Waals surface area contributed by atoms with Crippen LogP contribution in [0.4, 0.5) is 11.4 Å². The fourth-order valence-corrected chi connectivity index (χ4v) is 2.80. The van der Waals surface area contributed by atoms with Gasteiger partial charge in [-0.2, -0.15) is 0 Å². The van der Waals surface area contributed by atoms with Gasteiger partial charge in [0.1, 0.15) is 0 Å². The van der Waals surface area contributed by atoms with Crippen molar-refractivity contribution in [2.75, 3.05) is 24.3 Å². The number of nitrogens with one attached hydrogen (secondary N) is 1. The zero-order valence-corrected chi connectivity index (χ0v) is 13.7. The van der Waals surface area contributed by atoms with Crippen molar-refractivity contribution >= 4 is 23.0 Å². The Morgan fingerprint density at radius 3 is 2.43 bits per heavy atom. The van der Waals surface area contributed by atoms with Gasteiger partial charge >= 0.3 is 0 Å². The standard InChI is InChI=1S/C18H23ClN2/c1-14(12-13-15-8-5-4-6-9-15)20-17-11-7-10-16(19)18(17)21(2)3/h4-11,14,20H,12-13H2,1-3H3. The molecule has 2 aromatic carbocycles. The second-order valence-corrected chi connectivity index (χ2v) is 6.01. The molecule has 0 aromatic heterocycles. The molecule has 3 heteroatoms. The highest BCUT2D eigenvalue weighted by Crippen LogP contribution is 2.33. The van der Waals surface area contributed by atoms with E-state index in [1.165, 1.54) is 5.56 Å². The van der Waals surface area contributed by atoms with Gasteiger partial charge in [0.2, 0.25) is 0 Å². The van der Waals surface area contributed by atoms with Crippen LogP contribution in [0, 0.1) is 0 Å². The molecule has 1 unspecified atom stereocenters. The third-order valence-electron chi connectivity index (χ3n) is 3.54. The quantitative estimate of drug-likeness (QED) is 0.821. The first-order valence-electron chi connectivity index (χ1n) is 7.34. The first-order valence-corrected chi connectivity index (χ1v) is 7.72. The van der Waals surface area contributed by atoms with Gasteiger partial charge in [0.15, 0.2) is 0 Å². The number of rotatable bonds is 6. The van der Waals surface area contributed by atoms with Crippen LogP contribution in [-0.4, -0.2) is 20.1 Å². The largest absolute Gasteiger partial charge is 0.381 e. The van der Waals surface area contributed by atoms with E-state index in [4.69, 9.17) is 11.6 Å². The van der Waals surface area contributed by atoms with Crippen molar-refractivity contribution in [1.82, 2.24) is 0 Å². The molecular weight excluding hydrogens is 280 g/mol. The summed E-state index contributed by atoms with van der Waals surface area (Å²) in [6.07, 6.45) is 2.16. The number of anilines is 2. The van der Waals surface area contributed by atoms with Crippen LogP contribution in [0.3, 0.4) is 0 Å². The summed E-state index contributed by atoms with van der Waals surface area (Å²) in [5.74, 6) is 0. The molecule has 0 spiro atoms. The molecule has 1 N–H and O–H groups in total. The zero-order chi connectivity index (χ0) is 15.2. The summed E-state index contributed by atoms with van der Waals surface area (Å²) in [5, 5.41) is 4.35. The summed E-state index contributed by atoms with van der Waals surface area (Å²) in [4.78, 5) is 2.05. The average molecular weight is 303 g/mol. The summed E-state index contributed by atoms with van der Waals surface area (Å²) >= 11 is 6.30. The molecule has 0 aliphatic rings. The van der Waals surface area contributed by atoms with Crippen molar-refractivity contribution in [2.45, 2.75) is 25.8 Å². The summed E-state index contributed by atoms with van der Waals surface area (Å²) < 4.78 is 0. The van der Waals surface area contributed by atoms with Crippen molar-refractivity contribution in [3.05, 3.63) is 59.1 Å². The van der Waals surface area contributed by atoms with E-state index in [9.17, 15) is 0 Å². The maximum Gasteiger partial charge on any atom is 0.0786 e. The molecule has 21 heavy (non-hydrogen) atoms. The van der Waals surface area contributed by atoms with Gasteiger partial charge in [-0.05, 0) is 37.5 Å². The number of hydrogen-bond donors (Lipinski definition) is 1. The summed E-state index contributed by atoms with van der Waals surface area (Å²) in [5.41, 5.74) is 3.52. The van der Waals surface area contributed by atoms with E-state index in [1.54, 1.807) is 0 Å². The van der Waals surface area contributed by atoms with Crippen molar-refractivity contribution in [1.29, 1.82) is 0 Å². The second-order valence-electron chi connectivity index (χ2n) is 5.60. The maximum atomic E-state index is 6.30. The van der Waals surface area contributed by atoms with Crippen molar-refractivity contribution in [3.8, 4) is 0 Å². The predicted molar refractivity (Wildman–Crippen MR) is 93.6 cm³/mol. The highest BCUT2D eigenvalue weighted by molar-refractivity contribution is 6.34. The lowest BCUT2D eigenvalue weighted by Crippen LogP contribution is -2.19. The van der Waals surface area contributed by atoms with Crippen molar-refractivity contribution in [3.63, 3.8) is 0 Å². The summed E-state index contributed by atoms with van der Waals surface area (Å²) in [6, 6.07) is 17.0. The van der Waals surface area contributed by atoms with E-state index in [2.05, 4.69) is 53.5 Å². The second kappa shape index (κ2) is 7.37. The molecule has 0 amide bonds. The Bertz CT molecular complexity index is 567. The van der Waals surface area contributed by atoms with Crippen LogP contribution in [0.2, 0.25) is 5.02 Å². The Balaban J connectivity index is 2.00. The molecule has 0 saturated carbocycles. The Hall–Kier alpha value is -1.67. The van der Waals surface area contributed by atoms with Crippen LogP contribution < -0.4 is 10.2 Å². The smallest absolute Gasteiger partial charge is 0.0786 e. The van der Waals surface area contributed by atoms with E-state index in [0.717, 1.165) is 29.2 Å². The molecule has 112 valence electrons. The minimum absolute atomic E-state index is 0.391. The van der Waals surface area contributed by atoms with E-state index < -0.39 is 0 Å². The molecule has 0 radical (unpaired) electrons. The van der Waals surface area contributed by atoms with Gasteiger partial charge in [-0.25, -0.2) is 0 Å². The highest BCUT2D eigenvalue weighted by Gasteiger charge is 2.11. The number of benzene rings is 2. The third-order valence-corrected chi connectivity index (χ3v) is 3.85. The lowest BCUT2D eigenvalue weighted by molar-refractivity contribution is 0.706. The van der Waals surface area contributed by atoms with Crippen molar-refractivity contribution in [2.24, 2.45) is 0 Å². The van der Waals surface area contributed by atoms with E-state index in [-0.39, 0.29) is 0 Å². The van der Waals surface area contributed by atoms with Crippen LogP contribution in [0.1, 0.15) is 18.9 Å². The normalized spacial score (nSPS) is 12.0. The number of nitrogens with zero attached hydrogens (tertiary/aromatic N) is 1. The fraction of sp³-hybridized carbons (Fsp3) is 0.333. The van der Waals surface area contributed by atoms with Crippen molar-refractivity contribution < 1.29 is 0 Å². The maximum absolute atomic E-state index is 6.30. The molecule has 2 aromatic rings. The third kappa shape index (κ3) is 4.40. The van der Waals surface area contributed by atoms with Gasteiger partial charge in [0.05, 0.1) is 16.4 Å². The number of aryl methyl sites for hydroxylation is 1. The number of halogens is 1. The molecule has 0 bridgehead atoms. The topological polar surface area (TPSA) is 15.3 Å². The molecule has 1 atom stereocenters. The van der Waals surface area contributed by atoms with E-state index in [1.807, 2.05) is 26.2 Å². The van der Waals surface area contributed by atoms with Crippen LogP contribution in [0.15, 0.2) is 48.5 Å². The van der Waals surface area contributed by atoms with Crippen LogP contribution in [-0.2, 0) is 6.42 Å². The Morgan fingerprint density at radius 1 is 1.05 bits per heavy atom. The van der Waals surface area contributed by atoms with Crippen LogP contribution >= 0.6 is 11.6 Å². The Morgan fingerprint density at radius 2 is 1.76 bits per heavy atom. The Kier molecular flexibility index (Phi) is 5.51. The molecular formula is C18H23ClN2. The van der Waals surface area contributed by atoms with Gasteiger partial charge < -0.3 is 10.2 Å². The van der Waals surface area contributed by atoms with E-state index in [0.29, 0.717) is 6.04 Å². The minimum atomic E-state index is 0.391. The van der Waals surface area contributed by atoms with Crippen LogP contribution in [0.25, 0.3) is 0 Å². The molecule has 2 nitrogen and oxygen atoms in total. The zero-order valence-electron chi connectivity index (χ0n) is 12.9. The lowest BCUT2D eigenvalue weighted by Gasteiger charge is -2.23. The molecule has 0 saturated heterocycles. The summed E-state index contributed by atoms with van der Waals surface area (Å²) in [7, 11) is 4.03. The SMILES string of the molecule is CC(CCc1ccccc1)Nc1cccc(Cl)c1N(C)C. The number of para-hydroxylation sites is 1. The predicted octanol–water partition coefficient (Wildman–Crippen LogP) is 4.84. The summed E-state index contributed by atoms with van der Waals surface area (Å²) in [6.45, 7) is 2.21. The molecule has 0 heterocycles.